The van der Waals surface area contributed by atoms with Crippen molar-refractivity contribution in [3.63, 3.8) is 0 Å². The first kappa shape index (κ1) is 23.3. The molecule has 0 unspecified atom stereocenters. The van der Waals surface area contributed by atoms with Gasteiger partial charge < -0.3 is 9.80 Å². The monoisotopic (exact) mass is 463 g/mol. The number of hydrogen-bond donors (Lipinski definition) is 0. The van der Waals surface area contributed by atoms with Crippen molar-refractivity contribution in [2.45, 2.75) is 6.42 Å². The van der Waals surface area contributed by atoms with Gasteiger partial charge in [0.2, 0.25) is 0 Å². The van der Waals surface area contributed by atoms with Crippen LogP contribution in [0.1, 0.15) is 16.8 Å². The Morgan fingerprint density at radius 1 is 1.03 bits per heavy atom. The van der Waals surface area contributed by atoms with Gasteiger partial charge in [-0.2, -0.15) is 0 Å². The Bertz CT molecular complexity index is 1100. The lowest BCUT2D eigenvalue weighted by Gasteiger charge is -2.36. The van der Waals surface area contributed by atoms with E-state index in [0.717, 1.165) is 44.8 Å². The van der Waals surface area contributed by atoms with E-state index in [4.69, 9.17) is 0 Å². The number of amides is 1. The summed E-state index contributed by atoms with van der Waals surface area (Å²) in [6.07, 6.45) is 4.06. The summed E-state index contributed by atoms with van der Waals surface area (Å²) in [6.45, 7) is 4.84. The van der Waals surface area contributed by atoms with E-state index in [9.17, 15) is 19.3 Å². The predicted molar refractivity (Wildman–Crippen MR) is 129 cm³/mol. The van der Waals surface area contributed by atoms with E-state index in [-0.39, 0.29) is 17.4 Å². The predicted octanol–water partition coefficient (Wildman–Crippen LogP) is 3.99. The van der Waals surface area contributed by atoms with Crippen molar-refractivity contribution in [3.05, 3.63) is 94.6 Å². The van der Waals surface area contributed by atoms with Gasteiger partial charge in [0.15, 0.2) is 0 Å². The average Bonchev–Trinajstić information content (AvgIpc) is 2.88. The number of benzene rings is 2. The highest BCUT2D eigenvalue weighted by atomic mass is 19.1. The number of non-ortho nitro benzene ring substituents is 1. The quantitative estimate of drug-likeness (QED) is 0.371. The van der Waals surface area contributed by atoms with Crippen LogP contribution in [0.15, 0.2) is 73.1 Å². The zero-order valence-corrected chi connectivity index (χ0v) is 18.7. The van der Waals surface area contributed by atoms with Crippen molar-refractivity contribution in [3.8, 4) is 0 Å². The maximum Gasteiger partial charge on any atom is 0.269 e. The Balaban J connectivity index is 1.35. The van der Waals surface area contributed by atoms with Crippen molar-refractivity contribution in [2.24, 2.45) is 0 Å². The number of pyridine rings is 1. The van der Waals surface area contributed by atoms with Crippen LogP contribution in [0, 0.1) is 15.9 Å². The average molecular weight is 464 g/mol. The minimum absolute atomic E-state index is 0.0516. The third kappa shape index (κ3) is 5.74. The fourth-order valence-corrected chi connectivity index (χ4v) is 4.08. The van der Waals surface area contributed by atoms with Gasteiger partial charge in [0.1, 0.15) is 5.82 Å². The number of halogens is 1. The molecule has 1 saturated heterocycles. The van der Waals surface area contributed by atoms with E-state index in [1.165, 1.54) is 36.4 Å². The molecule has 1 fully saturated rings. The first-order chi connectivity index (χ1) is 16.5. The van der Waals surface area contributed by atoms with Crippen LogP contribution < -0.4 is 9.80 Å². The summed E-state index contributed by atoms with van der Waals surface area (Å²) in [5.74, 6) is -0.451. The van der Waals surface area contributed by atoms with Crippen LogP contribution in [0.3, 0.4) is 0 Å². The Labute approximate surface area is 197 Å². The second-order valence-electron chi connectivity index (χ2n) is 8.13. The zero-order valence-electron chi connectivity index (χ0n) is 18.7. The van der Waals surface area contributed by atoms with Gasteiger partial charge in [-0.05, 0) is 61.5 Å². The Hall–Kier alpha value is -3.85. The maximum atomic E-state index is 13.2. The number of nitro groups is 1. The van der Waals surface area contributed by atoms with Gasteiger partial charge in [-0.15, -0.1) is 0 Å². The van der Waals surface area contributed by atoms with Crippen molar-refractivity contribution < 1.29 is 14.1 Å². The molecule has 3 aromatic rings. The molecule has 0 aliphatic carbocycles. The molecule has 0 atom stereocenters. The summed E-state index contributed by atoms with van der Waals surface area (Å²) in [5.41, 5.74) is 2.05. The number of hydrogen-bond acceptors (Lipinski definition) is 6. The topological polar surface area (TPSA) is 82.8 Å². The first-order valence-electron chi connectivity index (χ1n) is 11.2. The van der Waals surface area contributed by atoms with Crippen LogP contribution in [0.25, 0.3) is 0 Å². The van der Waals surface area contributed by atoms with E-state index in [1.807, 2.05) is 6.07 Å². The highest BCUT2D eigenvalue weighted by Crippen LogP contribution is 2.20. The third-order valence-electron chi connectivity index (χ3n) is 5.95. The molecule has 8 nitrogen and oxygen atoms in total. The molecule has 0 saturated carbocycles. The highest BCUT2D eigenvalue weighted by Gasteiger charge is 2.21. The van der Waals surface area contributed by atoms with Crippen LogP contribution in [0.4, 0.5) is 21.5 Å². The fraction of sp³-hybridized carbons (Fsp3) is 0.280. The molecular formula is C25H26FN5O3. The molecule has 0 spiro atoms. The van der Waals surface area contributed by atoms with Gasteiger partial charge in [-0.3, -0.25) is 24.8 Å². The maximum absolute atomic E-state index is 13.2. The molecule has 0 bridgehead atoms. The number of carbonyl (C=O) groups excluding carboxylic acids is 1. The second kappa shape index (κ2) is 10.8. The summed E-state index contributed by atoms with van der Waals surface area (Å²) >= 11 is 0. The molecule has 9 heteroatoms. The molecule has 1 aliphatic rings. The van der Waals surface area contributed by atoms with E-state index in [0.29, 0.717) is 17.8 Å². The number of anilines is 2. The van der Waals surface area contributed by atoms with Crippen LogP contribution in [-0.2, 0) is 0 Å². The number of aromatic nitrogens is 1. The molecule has 2 heterocycles. The Morgan fingerprint density at radius 2 is 1.74 bits per heavy atom. The van der Waals surface area contributed by atoms with Crippen molar-refractivity contribution >= 4 is 23.0 Å². The smallest absolute Gasteiger partial charge is 0.269 e. The van der Waals surface area contributed by atoms with Crippen LogP contribution in [0.2, 0.25) is 0 Å². The molecule has 176 valence electrons. The summed E-state index contributed by atoms with van der Waals surface area (Å²) < 4.78 is 13.2. The summed E-state index contributed by atoms with van der Waals surface area (Å²) in [7, 11) is 0. The minimum atomic E-state index is -0.483. The second-order valence-corrected chi connectivity index (χ2v) is 8.13. The highest BCUT2D eigenvalue weighted by molar-refractivity contribution is 6.06. The summed E-state index contributed by atoms with van der Waals surface area (Å²) in [4.78, 5) is 34.1. The molecule has 1 aliphatic heterocycles. The molecule has 0 N–H and O–H groups in total. The van der Waals surface area contributed by atoms with Gasteiger partial charge in [-0.1, -0.05) is 0 Å². The third-order valence-corrected chi connectivity index (χ3v) is 5.95. The SMILES string of the molecule is O=C(c1ccc([N+](=O)[O-])cc1)N(CCCN1CCN(c2ccc(F)cc2)CC1)c1cccnc1. The molecule has 1 amide bonds. The lowest BCUT2D eigenvalue weighted by molar-refractivity contribution is -0.384. The van der Waals surface area contributed by atoms with Gasteiger partial charge in [0, 0.05) is 62.3 Å². The molecule has 1 aromatic heterocycles. The van der Waals surface area contributed by atoms with Gasteiger partial charge in [0.05, 0.1) is 16.8 Å². The summed E-state index contributed by atoms with van der Waals surface area (Å²) in [6, 6.07) is 15.8. The molecule has 2 aromatic carbocycles. The van der Waals surface area contributed by atoms with E-state index < -0.39 is 4.92 Å². The van der Waals surface area contributed by atoms with Crippen LogP contribution in [-0.4, -0.2) is 60.0 Å². The fourth-order valence-electron chi connectivity index (χ4n) is 4.08. The van der Waals surface area contributed by atoms with E-state index >= 15 is 0 Å². The van der Waals surface area contributed by atoms with E-state index in [1.54, 1.807) is 35.5 Å². The van der Waals surface area contributed by atoms with Gasteiger partial charge in [-0.25, -0.2) is 4.39 Å². The number of nitrogens with zero attached hydrogens (tertiary/aromatic N) is 5. The Morgan fingerprint density at radius 3 is 2.35 bits per heavy atom. The van der Waals surface area contributed by atoms with Crippen molar-refractivity contribution in [1.82, 2.24) is 9.88 Å². The van der Waals surface area contributed by atoms with Crippen molar-refractivity contribution in [1.29, 1.82) is 0 Å². The number of nitro benzene ring substituents is 1. The molecule has 4 rings (SSSR count). The Kier molecular flexibility index (Phi) is 7.44. The largest absolute Gasteiger partial charge is 0.369 e. The molecular weight excluding hydrogens is 437 g/mol. The van der Waals surface area contributed by atoms with Crippen LogP contribution >= 0.6 is 0 Å². The van der Waals surface area contributed by atoms with Gasteiger partial charge >= 0.3 is 0 Å². The van der Waals surface area contributed by atoms with E-state index in [2.05, 4.69) is 14.8 Å². The number of rotatable bonds is 8. The van der Waals surface area contributed by atoms with Gasteiger partial charge in [0.25, 0.3) is 11.6 Å². The zero-order chi connectivity index (χ0) is 23.9. The first-order valence-corrected chi connectivity index (χ1v) is 11.2. The summed E-state index contributed by atoms with van der Waals surface area (Å²) in [5, 5.41) is 10.9. The lowest BCUT2D eigenvalue weighted by Crippen LogP contribution is -2.47. The van der Waals surface area contributed by atoms with Crippen LogP contribution in [0.5, 0.6) is 0 Å². The number of carbonyl (C=O) groups is 1. The standard InChI is InChI=1S/C25H26FN5O3/c26-21-6-10-22(11-7-21)29-17-15-28(16-18-29)13-2-14-30(24-3-1-12-27-19-24)25(32)20-4-8-23(9-5-20)31(33)34/h1,3-12,19H,2,13-18H2. The minimum Gasteiger partial charge on any atom is -0.369 e. The molecule has 0 radical (unpaired) electrons. The normalized spacial score (nSPS) is 14.1. The lowest BCUT2D eigenvalue weighted by atomic mass is 10.1. The van der Waals surface area contributed by atoms with Crippen molar-refractivity contribution in [2.75, 3.05) is 49.1 Å². The molecule has 34 heavy (non-hydrogen) atoms. The number of piperazine rings is 1.